The van der Waals surface area contributed by atoms with Gasteiger partial charge in [-0.2, -0.15) is 4.31 Å². The molecule has 0 aliphatic heterocycles. The van der Waals surface area contributed by atoms with Crippen LogP contribution in [0.25, 0.3) is 0 Å². The van der Waals surface area contributed by atoms with E-state index in [1.165, 1.54) is 12.1 Å². The summed E-state index contributed by atoms with van der Waals surface area (Å²) >= 11 is 0. The number of rotatable bonds is 9. The fraction of sp³-hybridized carbons (Fsp3) is 0.350. The largest absolute Gasteiger partial charge is 0.348 e. The summed E-state index contributed by atoms with van der Waals surface area (Å²) in [7, 11) is -6.88. The van der Waals surface area contributed by atoms with Gasteiger partial charge in [0, 0.05) is 12.8 Å². The number of carbonyl (C=O) groups is 1. The first-order valence-corrected chi connectivity index (χ1v) is 12.8. The summed E-state index contributed by atoms with van der Waals surface area (Å²) < 4.78 is 48.5. The van der Waals surface area contributed by atoms with E-state index >= 15 is 0 Å². The molecule has 1 amide bonds. The highest BCUT2D eigenvalue weighted by atomic mass is 32.2. The molecule has 0 saturated heterocycles. The molecule has 1 atom stereocenters. The first-order valence-electron chi connectivity index (χ1n) is 9.09. The summed E-state index contributed by atoms with van der Waals surface area (Å²) in [5, 5.41) is 2.84. The van der Waals surface area contributed by atoms with Crippen LogP contribution >= 0.6 is 0 Å². The maximum absolute atomic E-state index is 12.5. The molecule has 0 fully saturated rings. The van der Waals surface area contributed by atoms with E-state index in [0.29, 0.717) is 6.42 Å². The van der Waals surface area contributed by atoms with Gasteiger partial charge in [-0.15, -0.1) is 0 Å². The van der Waals surface area contributed by atoms with Crippen LogP contribution < -0.4 is 5.32 Å². The molecule has 0 bridgehead atoms. The summed E-state index contributed by atoms with van der Waals surface area (Å²) in [6, 6.07) is 15.0. The van der Waals surface area contributed by atoms with Crippen molar-refractivity contribution >= 4 is 25.8 Å². The maximum atomic E-state index is 12.5. The van der Waals surface area contributed by atoms with Crippen molar-refractivity contribution in [1.82, 2.24) is 9.62 Å². The molecule has 1 N–H and O–H groups in total. The Labute approximate surface area is 172 Å². The first kappa shape index (κ1) is 23.1. The molecule has 158 valence electrons. The number of benzene rings is 2. The minimum Gasteiger partial charge on any atom is -0.348 e. The lowest BCUT2D eigenvalue weighted by molar-refractivity contribution is -0.122. The Kier molecular flexibility index (Phi) is 7.56. The fourth-order valence-electron chi connectivity index (χ4n) is 2.85. The van der Waals surface area contributed by atoms with Crippen LogP contribution in [0.2, 0.25) is 0 Å². The Morgan fingerprint density at radius 2 is 1.55 bits per heavy atom. The van der Waals surface area contributed by atoms with Gasteiger partial charge in [0.15, 0.2) is 9.84 Å². The molecule has 2 aromatic carbocycles. The first-order chi connectivity index (χ1) is 13.5. The quantitative estimate of drug-likeness (QED) is 0.646. The van der Waals surface area contributed by atoms with Crippen molar-refractivity contribution in [3.63, 3.8) is 0 Å². The number of hydrogen-bond acceptors (Lipinski definition) is 5. The van der Waals surface area contributed by atoms with E-state index in [2.05, 4.69) is 5.32 Å². The van der Waals surface area contributed by atoms with Crippen LogP contribution in [0.5, 0.6) is 0 Å². The lowest BCUT2D eigenvalue weighted by Gasteiger charge is -2.22. The second-order valence-corrected chi connectivity index (χ2v) is 10.9. The number of carbonyl (C=O) groups excluding carboxylic acids is 1. The smallest absolute Gasteiger partial charge is 0.235 e. The third kappa shape index (κ3) is 6.95. The SMILES string of the molecule is CC[C@H](NC(=O)CN(Cc1ccccc1)S(C)(=O)=O)c1ccc(S(C)(=O)=O)cc1. The molecule has 29 heavy (non-hydrogen) atoms. The number of nitrogens with one attached hydrogen (secondary N) is 1. The van der Waals surface area contributed by atoms with Crippen LogP contribution in [-0.4, -0.2) is 46.1 Å². The molecular formula is C20H26N2O5S2. The van der Waals surface area contributed by atoms with Crippen molar-refractivity contribution in [1.29, 1.82) is 0 Å². The number of sulfonamides is 1. The lowest BCUT2D eigenvalue weighted by atomic mass is 10.0. The van der Waals surface area contributed by atoms with Gasteiger partial charge in [0.25, 0.3) is 0 Å². The van der Waals surface area contributed by atoms with Crippen LogP contribution in [0.1, 0.15) is 30.5 Å². The number of hydrogen-bond donors (Lipinski definition) is 1. The lowest BCUT2D eigenvalue weighted by Crippen LogP contribution is -2.41. The molecule has 2 aromatic rings. The predicted molar refractivity (Wildman–Crippen MR) is 112 cm³/mol. The van der Waals surface area contributed by atoms with E-state index in [4.69, 9.17) is 0 Å². The van der Waals surface area contributed by atoms with Crippen LogP contribution in [0.15, 0.2) is 59.5 Å². The molecule has 0 radical (unpaired) electrons. The molecule has 0 aromatic heterocycles. The Balaban J connectivity index is 2.11. The van der Waals surface area contributed by atoms with Crippen LogP contribution in [0, 0.1) is 0 Å². The zero-order valence-electron chi connectivity index (χ0n) is 16.7. The van der Waals surface area contributed by atoms with Crippen molar-refractivity contribution in [2.45, 2.75) is 30.8 Å². The molecule has 9 heteroatoms. The summed E-state index contributed by atoms with van der Waals surface area (Å²) in [5.41, 5.74) is 1.54. The van der Waals surface area contributed by atoms with Gasteiger partial charge < -0.3 is 5.32 Å². The third-order valence-corrected chi connectivity index (χ3v) is 6.77. The number of sulfone groups is 1. The topological polar surface area (TPSA) is 101 Å². The minimum absolute atomic E-state index is 0.104. The zero-order chi connectivity index (χ0) is 21.7. The summed E-state index contributed by atoms with van der Waals surface area (Å²) in [6.45, 7) is 1.69. The third-order valence-electron chi connectivity index (χ3n) is 4.44. The zero-order valence-corrected chi connectivity index (χ0v) is 18.3. The molecule has 0 heterocycles. The molecule has 0 spiro atoms. The Bertz CT molecular complexity index is 1030. The molecule has 0 aliphatic carbocycles. The van der Waals surface area contributed by atoms with E-state index < -0.39 is 25.8 Å². The minimum atomic E-state index is -3.58. The van der Waals surface area contributed by atoms with Gasteiger partial charge in [-0.05, 0) is 29.7 Å². The molecule has 7 nitrogen and oxygen atoms in total. The van der Waals surface area contributed by atoms with Crippen molar-refractivity contribution in [2.24, 2.45) is 0 Å². The van der Waals surface area contributed by atoms with Crippen molar-refractivity contribution in [3.8, 4) is 0 Å². The highest BCUT2D eigenvalue weighted by molar-refractivity contribution is 7.90. The normalized spacial score (nSPS) is 13.2. The Hall–Kier alpha value is -2.23. The molecule has 0 unspecified atom stereocenters. The second kappa shape index (κ2) is 9.51. The Morgan fingerprint density at radius 1 is 0.966 bits per heavy atom. The van der Waals surface area contributed by atoms with Crippen LogP contribution in [0.4, 0.5) is 0 Å². The van der Waals surface area contributed by atoms with Crippen molar-refractivity contribution in [2.75, 3.05) is 19.1 Å². The Morgan fingerprint density at radius 3 is 2.03 bits per heavy atom. The summed E-state index contributed by atoms with van der Waals surface area (Å²) in [6.07, 6.45) is 2.78. The van der Waals surface area contributed by atoms with Gasteiger partial charge in [0.05, 0.1) is 23.7 Å². The van der Waals surface area contributed by atoms with Gasteiger partial charge in [-0.1, -0.05) is 49.4 Å². The highest BCUT2D eigenvalue weighted by Crippen LogP contribution is 2.19. The van der Waals surface area contributed by atoms with Crippen LogP contribution in [0.3, 0.4) is 0 Å². The fourth-order valence-corrected chi connectivity index (χ4v) is 4.21. The maximum Gasteiger partial charge on any atom is 0.235 e. The average molecular weight is 439 g/mol. The van der Waals surface area contributed by atoms with E-state index in [1.807, 2.05) is 25.1 Å². The van der Waals surface area contributed by atoms with E-state index in [0.717, 1.165) is 27.9 Å². The predicted octanol–water partition coefficient (Wildman–Crippen LogP) is 2.12. The van der Waals surface area contributed by atoms with Gasteiger partial charge in [-0.3, -0.25) is 4.79 Å². The van der Waals surface area contributed by atoms with E-state index in [9.17, 15) is 21.6 Å². The second-order valence-electron chi connectivity index (χ2n) is 6.89. The molecule has 0 aliphatic rings. The molecule has 0 saturated carbocycles. The van der Waals surface area contributed by atoms with Crippen LogP contribution in [-0.2, 0) is 31.2 Å². The molecule has 2 rings (SSSR count). The molecular weight excluding hydrogens is 412 g/mol. The van der Waals surface area contributed by atoms with E-state index in [-0.39, 0.29) is 24.0 Å². The standard InChI is InChI=1S/C20H26N2O5S2/c1-4-19(17-10-12-18(13-11-17)28(2,24)25)21-20(23)15-22(29(3,26)27)14-16-8-6-5-7-9-16/h5-13,19H,4,14-15H2,1-3H3,(H,21,23)/t19-/m0/s1. The monoisotopic (exact) mass is 438 g/mol. The van der Waals surface area contributed by atoms with E-state index in [1.54, 1.807) is 24.3 Å². The summed E-state index contributed by atoms with van der Waals surface area (Å²) in [4.78, 5) is 12.7. The van der Waals surface area contributed by atoms with Gasteiger partial charge in [0.1, 0.15) is 0 Å². The van der Waals surface area contributed by atoms with Gasteiger partial charge >= 0.3 is 0 Å². The summed E-state index contributed by atoms with van der Waals surface area (Å²) in [5.74, 6) is -0.426. The van der Waals surface area contributed by atoms with Gasteiger partial charge in [-0.25, -0.2) is 16.8 Å². The van der Waals surface area contributed by atoms with Crippen molar-refractivity contribution in [3.05, 3.63) is 65.7 Å². The number of nitrogens with zero attached hydrogens (tertiary/aromatic N) is 1. The highest BCUT2D eigenvalue weighted by Gasteiger charge is 2.22. The average Bonchev–Trinajstić information content (AvgIpc) is 2.65. The number of amides is 1. The van der Waals surface area contributed by atoms with Gasteiger partial charge in [0.2, 0.25) is 15.9 Å². The van der Waals surface area contributed by atoms with Crippen molar-refractivity contribution < 1.29 is 21.6 Å².